The quantitative estimate of drug-likeness (QED) is 0.939. The summed E-state index contributed by atoms with van der Waals surface area (Å²) in [5.41, 5.74) is 7.98. The number of carbonyl (C=O) groups is 1. The molecule has 1 heterocycles. The topological polar surface area (TPSA) is 64.8 Å². The van der Waals surface area contributed by atoms with Crippen molar-refractivity contribution in [1.29, 1.82) is 0 Å². The van der Waals surface area contributed by atoms with Gasteiger partial charge in [-0.1, -0.05) is 24.3 Å². The average Bonchev–Trinajstić information content (AvgIpc) is 2.57. The van der Waals surface area contributed by atoms with E-state index >= 15 is 0 Å². The number of nitrogens with two attached hydrogens (primary N) is 1. The largest absolute Gasteiger partial charge is 0.497 e. The Balaban J connectivity index is 1.80. The monoisotopic (exact) mass is 298 g/mol. The molecule has 0 fully saturated rings. The van der Waals surface area contributed by atoms with Crippen LogP contribution in [0.1, 0.15) is 11.6 Å². The van der Waals surface area contributed by atoms with E-state index in [0.29, 0.717) is 12.3 Å². The molecule has 2 aromatic carbocycles. The number of hydrogen-bond acceptors (Lipinski definition) is 4. The lowest BCUT2D eigenvalue weighted by atomic mass is 10.1. The molecule has 0 saturated carbocycles. The van der Waals surface area contributed by atoms with Gasteiger partial charge >= 0.3 is 0 Å². The van der Waals surface area contributed by atoms with E-state index in [-0.39, 0.29) is 18.6 Å². The minimum Gasteiger partial charge on any atom is -0.497 e. The molecule has 22 heavy (non-hydrogen) atoms. The second-order valence-corrected chi connectivity index (χ2v) is 5.14. The van der Waals surface area contributed by atoms with Crippen molar-refractivity contribution in [2.45, 2.75) is 6.04 Å². The summed E-state index contributed by atoms with van der Waals surface area (Å²) in [5, 5.41) is 0. The Hall–Kier alpha value is -2.53. The molecule has 0 spiro atoms. The fraction of sp³-hybridized carbons (Fsp3) is 0.235. The zero-order valence-corrected chi connectivity index (χ0v) is 12.4. The van der Waals surface area contributed by atoms with Crippen LogP contribution in [-0.4, -0.2) is 26.2 Å². The molecule has 0 aliphatic carbocycles. The van der Waals surface area contributed by atoms with Crippen molar-refractivity contribution in [2.75, 3.05) is 25.2 Å². The van der Waals surface area contributed by atoms with E-state index in [1.165, 1.54) is 0 Å². The van der Waals surface area contributed by atoms with Gasteiger partial charge < -0.3 is 20.1 Å². The summed E-state index contributed by atoms with van der Waals surface area (Å²) in [6.07, 6.45) is 0. The van der Waals surface area contributed by atoms with Gasteiger partial charge in [0.1, 0.15) is 11.5 Å². The summed E-state index contributed by atoms with van der Waals surface area (Å²) in [4.78, 5) is 13.8. The molecule has 5 nitrogen and oxygen atoms in total. The molecule has 0 bridgehead atoms. The maximum absolute atomic E-state index is 12.1. The van der Waals surface area contributed by atoms with Gasteiger partial charge in [0.2, 0.25) is 0 Å². The normalized spacial score (nSPS) is 15.0. The Morgan fingerprint density at radius 3 is 2.68 bits per heavy atom. The van der Waals surface area contributed by atoms with Crippen molar-refractivity contribution >= 4 is 11.6 Å². The van der Waals surface area contributed by atoms with Gasteiger partial charge in [-0.2, -0.15) is 0 Å². The number of hydrogen-bond donors (Lipinski definition) is 1. The third-order valence-corrected chi connectivity index (χ3v) is 3.73. The summed E-state index contributed by atoms with van der Waals surface area (Å²) in [5.74, 6) is 1.41. The molecule has 1 atom stereocenters. The van der Waals surface area contributed by atoms with E-state index < -0.39 is 0 Å². The molecule has 1 unspecified atom stereocenters. The maximum Gasteiger partial charge on any atom is 0.265 e. The molecule has 0 radical (unpaired) electrons. The Bertz CT molecular complexity index is 670. The molecule has 5 heteroatoms. The summed E-state index contributed by atoms with van der Waals surface area (Å²) in [6.45, 7) is 0.456. The molecule has 1 amide bonds. The average molecular weight is 298 g/mol. The number of nitrogens with zero attached hydrogens (tertiary/aromatic N) is 1. The minimum absolute atomic E-state index is 0.0480. The van der Waals surface area contributed by atoms with Crippen LogP contribution in [0.4, 0.5) is 5.69 Å². The summed E-state index contributed by atoms with van der Waals surface area (Å²) >= 11 is 0. The SMILES string of the molecule is COc1ccc(C(N)CN2C(=O)COc3ccccc32)cc1. The number of ether oxygens (including phenoxy) is 2. The van der Waals surface area contributed by atoms with Crippen LogP contribution in [0.25, 0.3) is 0 Å². The number of amides is 1. The van der Waals surface area contributed by atoms with E-state index in [0.717, 1.165) is 17.0 Å². The van der Waals surface area contributed by atoms with Gasteiger partial charge in [0.25, 0.3) is 5.91 Å². The van der Waals surface area contributed by atoms with Gasteiger partial charge in [-0.3, -0.25) is 4.79 Å². The van der Waals surface area contributed by atoms with Crippen molar-refractivity contribution in [3.63, 3.8) is 0 Å². The van der Waals surface area contributed by atoms with Crippen LogP contribution in [0.15, 0.2) is 48.5 Å². The van der Waals surface area contributed by atoms with Crippen molar-refractivity contribution in [1.82, 2.24) is 0 Å². The first-order valence-corrected chi connectivity index (χ1v) is 7.11. The molecule has 2 aromatic rings. The summed E-state index contributed by atoms with van der Waals surface area (Å²) < 4.78 is 10.6. The number of rotatable bonds is 4. The Kier molecular flexibility index (Phi) is 3.98. The summed E-state index contributed by atoms with van der Waals surface area (Å²) in [7, 11) is 1.62. The fourth-order valence-corrected chi connectivity index (χ4v) is 2.51. The second-order valence-electron chi connectivity index (χ2n) is 5.14. The van der Waals surface area contributed by atoms with E-state index in [9.17, 15) is 4.79 Å². The minimum atomic E-state index is -0.277. The highest BCUT2D eigenvalue weighted by molar-refractivity contribution is 5.97. The van der Waals surface area contributed by atoms with Gasteiger partial charge in [0.05, 0.1) is 12.8 Å². The van der Waals surface area contributed by atoms with E-state index in [1.54, 1.807) is 12.0 Å². The van der Waals surface area contributed by atoms with Crippen LogP contribution in [0.2, 0.25) is 0 Å². The van der Waals surface area contributed by atoms with Gasteiger partial charge in [-0.25, -0.2) is 0 Å². The van der Waals surface area contributed by atoms with Crippen LogP contribution in [0, 0.1) is 0 Å². The van der Waals surface area contributed by atoms with Crippen LogP contribution < -0.4 is 20.1 Å². The molecule has 2 N–H and O–H groups in total. The molecular weight excluding hydrogens is 280 g/mol. The molecule has 114 valence electrons. The van der Waals surface area contributed by atoms with Crippen LogP contribution >= 0.6 is 0 Å². The Morgan fingerprint density at radius 1 is 1.23 bits per heavy atom. The lowest BCUT2D eigenvalue weighted by Gasteiger charge is -2.31. The first-order valence-electron chi connectivity index (χ1n) is 7.11. The molecule has 1 aliphatic heterocycles. The van der Waals surface area contributed by atoms with Gasteiger partial charge in [-0.05, 0) is 29.8 Å². The van der Waals surface area contributed by atoms with Crippen molar-refractivity contribution < 1.29 is 14.3 Å². The highest BCUT2D eigenvalue weighted by atomic mass is 16.5. The van der Waals surface area contributed by atoms with Gasteiger partial charge in [-0.15, -0.1) is 0 Å². The Morgan fingerprint density at radius 2 is 1.95 bits per heavy atom. The number of para-hydroxylation sites is 2. The number of fused-ring (bicyclic) bond motifs is 1. The van der Waals surface area contributed by atoms with Crippen molar-refractivity contribution in [3.8, 4) is 11.5 Å². The predicted molar refractivity (Wildman–Crippen MR) is 84.2 cm³/mol. The first kappa shape index (κ1) is 14.4. The third-order valence-electron chi connectivity index (χ3n) is 3.73. The molecular formula is C17H18N2O3. The second kappa shape index (κ2) is 6.07. The predicted octanol–water partition coefficient (Wildman–Crippen LogP) is 2.12. The van der Waals surface area contributed by atoms with Gasteiger partial charge in [0.15, 0.2) is 6.61 Å². The van der Waals surface area contributed by atoms with Gasteiger partial charge in [0, 0.05) is 12.6 Å². The number of anilines is 1. The van der Waals surface area contributed by atoms with Crippen LogP contribution in [-0.2, 0) is 4.79 Å². The maximum atomic E-state index is 12.1. The van der Waals surface area contributed by atoms with E-state index in [4.69, 9.17) is 15.2 Å². The van der Waals surface area contributed by atoms with Crippen LogP contribution in [0.3, 0.4) is 0 Å². The fourth-order valence-electron chi connectivity index (χ4n) is 2.51. The third kappa shape index (κ3) is 2.76. The number of methoxy groups -OCH3 is 1. The summed E-state index contributed by atoms with van der Waals surface area (Å²) in [6, 6.07) is 14.8. The molecule has 3 rings (SSSR count). The van der Waals surface area contributed by atoms with Crippen molar-refractivity contribution in [2.24, 2.45) is 5.73 Å². The van der Waals surface area contributed by atoms with E-state index in [2.05, 4.69) is 0 Å². The van der Waals surface area contributed by atoms with Crippen molar-refractivity contribution in [3.05, 3.63) is 54.1 Å². The molecule has 1 aliphatic rings. The lowest BCUT2D eigenvalue weighted by Crippen LogP contribution is -2.42. The Labute approximate surface area is 129 Å². The standard InChI is InChI=1S/C17H18N2O3/c1-21-13-8-6-12(7-9-13)14(18)10-19-15-4-2-3-5-16(15)22-11-17(19)20/h2-9,14H,10-11,18H2,1H3. The number of benzene rings is 2. The highest BCUT2D eigenvalue weighted by Gasteiger charge is 2.26. The number of carbonyl (C=O) groups excluding carboxylic acids is 1. The lowest BCUT2D eigenvalue weighted by molar-refractivity contribution is -0.121. The van der Waals surface area contributed by atoms with Crippen LogP contribution in [0.5, 0.6) is 11.5 Å². The molecule has 0 aromatic heterocycles. The highest BCUT2D eigenvalue weighted by Crippen LogP contribution is 2.32. The zero-order valence-electron chi connectivity index (χ0n) is 12.4. The van der Waals surface area contributed by atoms with E-state index in [1.807, 2.05) is 48.5 Å². The zero-order chi connectivity index (χ0) is 15.5. The first-order chi connectivity index (χ1) is 10.7. The smallest absolute Gasteiger partial charge is 0.265 e. The molecule has 0 saturated heterocycles.